The van der Waals surface area contributed by atoms with Gasteiger partial charge in [-0.1, -0.05) is 68.8 Å². The summed E-state index contributed by atoms with van der Waals surface area (Å²) >= 11 is 0. The fourth-order valence-corrected chi connectivity index (χ4v) is 5.15. The van der Waals surface area contributed by atoms with Crippen molar-refractivity contribution in [1.29, 1.82) is 0 Å². The Balaban J connectivity index is 1.60. The molecule has 0 aliphatic carbocycles. The van der Waals surface area contributed by atoms with Gasteiger partial charge in [0, 0.05) is 36.9 Å². The minimum absolute atomic E-state index is 0.0814. The Morgan fingerprint density at radius 1 is 1.03 bits per heavy atom. The highest BCUT2D eigenvalue weighted by Gasteiger charge is 2.54. The van der Waals surface area contributed by atoms with Crippen LogP contribution in [0.3, 0.4) is 0 Å². The molecule has 192 valence electrons. The normalized spacial score (nSPS) is 20.3. The van der Waals surface area contributed by atoms with Crippen molar-refractivity contribution in [3.63, 3.8) is 0 Å². The molecule has 2 aromatic rings. The lowest BCUT2D eigenvalue weighted by atomic mass is 9.91. The summed E-state index contributed by atoms with van der Waals surface area (Å²) in [5.74, 6) is -0.380. The van der Waals surface area contributed by atoms with Crippen LogP contribution in [0.1, 0.15) is 68.1 Å². The van der Waals surface area contributed by atoms with Crippen molar-refractivity contribution in [2.45, 2.75) is 65.3 Å². The van der Waals surface area contributed by atoms with Crippen LogP contribution in [0.25, 0.3) is 0 Å². The molecular weight excluding hydrogens is 454 g/mol. The first-order valence-corrected chi connectivity index (χ1v) is 12.7. The van der Waals surface area contributed by atoms with E-state index in [0.29, 0.717) is 31.5 Å². The van der Waals surface area contributed by atoms with Crippen molar-refractivity contribution in [2.24, 2.45) is 5.41 Å². The molecule has 2 aromatic carbocycles. The van der Waals surface area contributed by atoms with E-state index in [0.717, 1.165) is 11.1 Å². The molecule has 2 unspecified atom stereocenters. The summed E-state index contributed by atoms with van der Waals surface area (Å²) < 4.78 is 6.31. The highest BCUT2D eigenvalue weighted by Crippen LogP contribution is 2.39. The third kappa shape index (κ3) is 5.16. The van der Waals surface area contributed by atoms with Gasteiger partial charge in [-0.2, -0.15) is 0 Å². The summed E-state index contributed by atoms with van der Waals surface area (Å²) in [4.78, 5) is 43.8. The number of nitrogens with one attached hydrogen (secondary N) is 1. The SMILES string of the molecule is Cc1cccc(C(=O)N2C(C(=O)NC(C)c3ccccc3)COC23CCN(C(=O)C(C)(C)C)CC3)c1. The quantitative estimate of drug-likeness (QED) is 0.699. The van der Waals surface area contributed by atoms with E-state index in [1.165, 1.54) is 0 Å². The summed E-state index contributed by atoms with van der Waals surface area (Å²) in [6, 6.07) is 16.2. The molecule has 0 saturated carbocycles. The number of carbonyl (C=O) groups is 3. The van der Waals surface area contributed by atoms with E-state index in [1.54, 1.807) is 11.0 Å². The number of piperidine rings is 1. The Bertz CT molecular complexity index is 1120. The van der Waals surface area contributed by atoms with E-state index in [2.05, 4.69) is 5.32 Å². The maximum absolute atomic E-state index is 13.9. The van der Waals surface area contributed by atoms with E-state index in [4.69, 9.17) is 4.74 Å². The Labute approximate surface area is 213 Å². The van der Waals surface area contributed by atoms with Gasteiger partial charge < -0.3 is 15.0 Å². The number of likely N-dealkylation sites (tertiary alicyclic amines) is 1. The zero-order chi connectivity index (χ0) is 26.1. The summed E-state index contributed by atoms with van der Waals surface area (Å²) in [7, 11) is 0. The first kappa shape index (κ1) is 25.9. The molecule has 0 bridgehead atoms. The second-order valence-electron chi connectivity index (χ2n) is 11.0. The van der Waals surface area contributed by atoms with E-state index in [-0.39, 0.29) is 30.4 Å². The maximum atomic E-state index is 13.9. The molecular formula is C29H37N3O4. The zero-order valence-electron chi connectivity index (χ0n) is 21.9. The summed E-state index contributed by atoms with van der Waals surface area (Å²) in [6.45, 7) is 10.7. The van der Waals surface area contributed by atoms with Gasteiger partial charge in [0.1, 0.15) is 11.8 Å². The van der Waals surface area contributed by atoms with E-state index in [9.17, 15) is 14.4 Å². The third-order valence-electron chi connectivity index (χ3n) is 7.18. The number of hydrogen-bond acceptors (Lipinski definition) is 4. The Morgan fingerprint density at radius 3 is 2.31 bits per heavy atom. The molecule has 0 aromatic heterocycles. The molecule has 2 aliphatic heterocycles. The van der Waals surface area contributed by atoms with Crippen LogP contribution < -0.4 is 5.32 Å². The van der Waals surface area contributed by atoms with Gasteiger partial charge in [-0.15, -0.1) is 0 Å². The average molecular weight is 492 g/mol. The molecule has 7 nitrogen and oxygen atoms in total. The summed E-state index contributed by atoms with van der Waals surface area (Å²) in [5.41, 5.74) is 1.09. The lowest BCUT2D eigenvalue weighted by Gasteiger charge is -2.45. The van der Waals surface area contributed by atoms with Gasteiger partial charge in [-0.25, -0.2) is 0 Å². The van der Waals surface area contributed by atoms with Crippen molar-refractivity contribution >= 4 is 17.7 Å². The van der Waals surface area contributed by atoms with Crippen LogP contribution in [0.4, 0.5) is 0 Å². The summed E-state index contributed by atoms with van der Waals surface area (Å²) in [6.07, 6.45) is 0.925. The molecule has 0 radical (unpaired) electrons. The number of aryl methyl sites for hydroxylation is 1. The molecule has 36 heavy (non-hydrogen) atoms. The predicted octanol–water partition coefficient (Wildman–Crippen LogP) is 4.08. The van der Waals surface area contributed by atoms with Crippen LogP contribution >= 0.6 is 0 Å². The Hall–Kier alpha value is -3.19. The first-order valence-electron chi connectivity index (χ1n) is 12.7. The molecule has 4 rings (SSSR count). The van der Waals surface area contributed by atoms with Crippen LogP contribution in [0.15, 0.2) is 54.6 Å². The van der Waals surface area contributed by atoms with Gasteiger partial charge in [0.05, 0.1) is 12.6 Å². The van der Waals surface area contributed by atoms with Crippen molar-refractivity contribution in [2.75, 3.05) is 19.7 Å². The fraction of sp³-hybridized carbons (Fsp3) is 0.483. The zero-order valence-corrected chi connectivity index (χ0v) is 21.9. The number of amides is 3. The molecule has 3 amide bonds. The largest absolute Gasteiger partial charge is 0.353 e. The van der Waals surface area contributed by atoms with Gasteiger partial charge in [0.25, 0.3) is 5.91 Å². The van der Waals surface area contributed by atoms with E-state index < -0.39 is 17.2 Å². The molecule has 2 fully saturated rings. The van der Waals surface area contributed by atoms with Gasteiger partial charge in [-0.3, -0.25) is 19.3 Å². The standard InChI is InChI=1S/C29H37N3O4/c1-20-10-9-13-23(18-20)26(34)32-24(25(33)30-21(2)22-11-7-6-8-12-22)19-36-29(32)14-16-31(17-15-29)27(35)28(3,4)5/h6-13,18,21,24H,14-17,19H2,1-5H3,(H,30,33). The predicted molar refractivity (Wildman–Crippen MR) is 138 cm³/mol. The molecule has 1 N–H and O–H groups in total. The number of rotatable bonds is 4. The van der Waals surface area contributed by atoms with Gasteiger partial charge in [0.2, 0.25) is 11.8 Å². The van der Waals surface area contributed by atoms with Crippen molar-refractivity contribution in [3.8, 4) is 0 Å². The monoisotopic (exact) mass is 491 g/mol. The molecule has 2 heterocycles. The van der Waals surface area contributed by atoms with Crippen molar-refractivity contribution < 1.29 is 19.1 Å². The number of hydrogen-bond donors (Lipinski definition) is 1. The second kappa shape index (κ2) is 10.1. The molecule has 7 heteroatoms. The van der Waals surface area contributed by atoms with Crippen LogP contribution in [0, 0.1) is 12.3 Å². The Kier molecular flexibility index (Phi) is 7.23. The number of ether oxygens (including phenoxy) is 1. The lowest BCUT2D eigenvalue weighted by Crippen LogP contribution is -2.60. The minimum atomic E-state index is -0.923. The van der Waals surface area contributed by atoms with Gasteiger partial charge in [0.15, 0.2) is 0 Å². The summed E-state index contributed by atoms with van der Waals surface area (Å²) in [5, 5.41) is 3.08. The smallest absolute Gasteiger partial charge is 0.256 e. The van der Waals surface area contributed by atoms with Crippen LogP contribution in [0.5, 0.6) is 0 Å². The van der Waals surface area contributed by atoms with E-state index >= 15 is 0 Å². The molecule has 2 saturated heterocycles. The van der Waals surface area contributed by atoms with Crippen LogP contribution in [-0.4, -0.2) is 59.0 Å². The van der Waals surface area contributed by atoms with Gasteiger partial charge >= 0.3 is 0 Å². The molecule has 1 spiro atoms. The minimum Gasteiger partial charge on any atom is -0.353 e. The second-order valence-corrected chi connectivity index (χ2v) is 11.0. The highest BCUT2D eigenvalue weighted by atomic mass is 16.5. The van der Waals surface area contributed by atoms with Crippen LogP contribution in [0.2, 0.25) is 0 Å². The van der Waals surface area contributed by atoms with Crippen LogP contribution in [-0.2, 0) is 14.3 Å². The Morgan fingerprint density at radius 2 is 1.69 bits per heavy atom. The number of nitrogens with zero attached hydrogens (tertiary/aromatic N) is 2. The number of benzene rings is 2. The van der Waals surface area contributed by atoms with Gasteiger partial charge in [-0.05, 0) is 31.5 Å². The molecule has 2 aliphatic rings. The van der Waals surface area contributed by atoms with Crippen molar-refractivity contribution in [1.82, 2.24) is 15.1 Å². The first-order chi connectivity index (χ1) is 17.0. The van der Waals surface area contributed by atoms with Crippen molar-refractivity contribution in [3.05, 3.63) is 71.3 Å². The topological polar surface area (TPSA) is 79.0 Å². The lowest BCUT2D eigenvalue weighted by molar-refractivity contribution is -0.150. The maximum Gasteiger partial charge on any atom is 0.256 e. The third-order valence-corrected chi connectivity index (χ3v) is 7.18. The van der Waals surface area contributed by atoms with E-state index in [1.807, 2.05) is 88.0 Å². The highest BCUT2D eigenvalue weighted by molar-refractivity contribution is 5.98. The fourth-order valence-electron chi connectivity index (χ4n) is 5.15. The average Bonchev–Trinajstić information content (AvgIpc) is 3.22. The number of carbonyl (C=O) groups excluding carboxylic acids is 3. The molecule has 2 atom stereocenters.